The second kappa shape index (κ2) is 9.65. The molecule has 2 aromatic rings. The number of aromatic nitrogens is 2. The zero-order valence-electron chi connectivity index (χ0n) is 17.9. The first-order valence-corrected chi connectivity index (χ1v) is 10.2. The van der Waals surface area contributed by atoms with E-state index < -0.39 is 35.8 Å². The number of rotatable bonds is 7. The zero-order valence-corrected chi connectivity index (χ0v) is 17.9. The Morgan fingerprint density at radius 3 is 2.62 bits per heavy atom. The number of carbonyl (C=O) groups is 2. The van der Waals surface area contributed by atoms with Crippen molar-refractivity contribution in [2.45, 2.75) is 24.9 Å². The lowest BCUT2D eigenvalue weighted by Gasteiger charge is -2.41. The number of benzene rings is 1. The predicted octanol–water partition coefficient (Wildman–Crippen LogP) is 2.25. The van der Waals surface area contributed by atoms with E-state index in [9.17, 15) is 24.3 Å². The number of nitrogens with zero attached hydrogens (tertiary/aromatic N) is 5. The lowest BCUT2D eigenvalue weighted by molar-refractivity contribution is 0.0600. The Kier molecular flexibility index (Phi) is 6.95. The Labute approximate surface area is 185 Å². The fraction of sp³-hybridized carbons (Fsp3) is 0.429. The Morgan fingerprint density at radius 2 is 2.06 bits per heavy atom. The molecule has 170 valence electrons. The van der Waals surface area contributed by atoms with Crippen molar-refractivity contribution in [1.29, 1.82) is 5.26 Å². The summed E-state index contributed by atoms with van der Waals surface area (Å²) in [6.45, 7) is 0.852. The average Bonchev–Trinajstić information content (AvgIpc) is 3.16. The van der Waals surface area contributed by atoms with Crippen LogP contribution in [-0.2, 0) is 0 Å². The van der Waals surface area contributed by atoms with E-state index in [1.807, 2.05) is 19.0 Å². The molecule has 3 atom stereocenters. The van der Waals surface area contributed by atoms with Crippen LogP contribution < -0.4 is 11.1 Å². The molecule has 11 heteroatoms. The summed E-state index contributed by atoms with van der Waals surface area (Å²) in [5, 5.41) is 27.0. The van der Waals surface area contributed by atoms with E-state index in [-0.39, 0.29) is 17.9 Å². The van der Waals surface area contributed by atoms with Gasteiger partial charge in [0.1, 0.15) is 11.4 Å². The van der Waals surface area contributed by atoms with Crippen LogP contribution in [0.15, 0.2) is 30.5 Å². The highest BCUT2D eigenvalue weighted by molar-refractivity contribution is 5.98. The molecule has 1 saturated heterocycles. The van der Waals surface area contributed by atoms with Gasteiger partial charge in [-0.3, -0.25) is 9.48 Å². The van der Waals surface area contributed by atoms with Crippen LogP contribution in [0.5, 0.6) is 0 Å². The molecule has 1 aromatic carbocycles. The SMILES string of the molecule is CN(C)CCC1[C@@H](C#N)[C@H](n2cc(C(N)=O)c(Nc3ccc(F)cc3)n2)CCN1C(=O)O. The van der Waals surface area contributed by atoms with Crippen LogP contribution in [0.1, 0.15) is 29.2 Å². The molecule has 0 aliphatic carbocycles. The molecule has 3 rings (SSSR count). The monoisotopic (exact) mass is 443 g/mol. The van der Waals surface area contributed by atoms with E-state index in [2.05, 4.69) is 16.5 Å². The van der Waals surface area contributed by atoms with Gasteiger partial charge in [-0.2, -0.15) is 10.4 Å². The van der Waals surface area contributed by atoms with Gasteiger partial charge in [-0.25, -0.2) is 9.18 Å². The second-order valence-corrected chi connectivity index (χ2v) is 8.01. The van der Waals surface area contributed by atoms with E-state index in [1.54, 1.807) is 0 Å². The molecule has 0 bridgehead atoms. The van der Waals surface area contributed by atoms with E-state index in [4.69, 9.17) is 5.73 Å². The minimum Gasteiger partial charge on any atom is -0.465 e. The molecule has 2 amide bonds. The van der Waals surface area contributed by atoms with Crippen molar-refractivity contribution in [3.8, 4) is 6.07 Å². The largest absolute Gasteiger partial charge is 0.465 e. The van der Waals surface area contributed by atoms with Gasteiger partial charge >= 0.3 is 6.09 Å². The molecular formula is C21H26FN7O3. The first-order valence-electron chi connectivity index (χ1n) is 10.2. The van der Waals surface area contributed by atoms with Crippen LogP contribution in [0.2, 0.25) is 0 Å². The Hall–Kier alpha value is -3.65. The minimum absolute atomic E-state index is 0.122. The summed E-state index contributed by atoms with van der Waals surface area (Å²) in [5.41, 5.74) is 6.16. The van der Waals surface area contributed by atoms with E-state index in [0.29, 0.717) is 25.1 Å². The van der Waals surface area contributed by atoms with Crippen molar-refractivity contribution >= 4 is 23.5 Å². The molecule has 4 N–H and O–H groups in total. The number of likely N-dealkylation sites (tertiary alicyclic amines) is 1. The number of halogens is 1. The number of amides is 2. The molecule has 10 nitrogen and oxygen atoms in total. The minimum atomic E-state index is -1.07. The first kappa shape index (κ1) is 23.0. The lowest BCUT2D eigenvalue weighted by Crippen LogP contribution is -2.52. The highest BCUT2D eigenvalue weighted by Crippen LogP contribution is 2.35. The molecule has 1 aromatic heterocycles. The molecule has 0 spiro atoms. The number of anilines is 2. The third kappa shape index (κ3) is 4.97. The number of primary amides is 1. The van der Waals surface area contributed by atoms with Crippen molar-refractivity contribution in [3.63, 3.8) is 0 Å². The van der Waals surface area contributed by atoms with Crippen LogP contribution in [0.4, 0.5) is 20.7 Å². The maximum atomic E-state index is 13.2. The third-order valence-corrected chi connectivity index (χ3v) is 5.61. The number of carboxylic acid groups (broad SMARTS) is 1. The summed E-state index contributed by atoms with van der Waals surface area (Å²) >= 11 is 0. The molecule has 0 saturated carbocycles. The smallest absolute Gasteiger partial charge is 0.407 e. The molecule has 1 unspecified atom stereocenters. The quantitative estimate of drug-likeness (QED) is 0.596. The average molecular weight is 443 g/mol. The van der Waals surface area contributed by atoms with Gasteiger partial charge in [0.25, 0.3) is 5.91 Å². The molecular weight excluding hydrogens is 417 g/mol. The topological polar surface area (TPSA) is 141 Å². The lowest BCUT2D eigenvalue weighted by atomic mass is 9.84. The summed E-state index contributed by atoms with van der Waals surface area (Å²) < 4.78 is 14.7. The van der Waals surface area contributed by atoms with Crippen LogP contribution in [-0.4, -0.2) is 69.9 Å². The maximum absolute atomic E-state index is 13.2. The number of carbonyl (C=O) groups excluding carboxylic acids is 1. The van der Waals surface area contributed by atoms with Crippen molar-refractivity contribution in [2.75, 3.05) is 32.5 Å². The summed E-state index contributed by atoms with van der Waals surface area (Å²) in [6.07, 6.45) is 1.25. The second-order valence-electron chi connectivity index (χ2n) is 8.01. The normalized spacial score (nSPS) is 20.7. The molecule has 2 heterocycles. The summed E-state index contributed by atoms with van der Waals surface area (Å²) in [6, 6.07) is 6.84. The highest BCUT2D eigenvalue weighted by Gasteiger charge is 2.42. The van der Waals surface area contributed by atoms with E-state index in [1.165, 1.54) is 40.0 Å². The number of nitrogens with one attached hydrogen (secondary N) is 1. The van der Waals surface area contributed by atoms with Crippen molar-refractivity contribution in [2.24, 2.45) is 11.7 Å². The van der Waals surface area contributed by atoms with Crippen LogP contribution in [0.25, 0.3) is 0 Å². The third-order valence-electron chi connectivity index (χ3n) is 5.61. The molecule has 1 fully saturated rings. The predicted molar refractivity (Wildman–Crippen MR) is 115 cm³/mol. The van der Waals surface area contributed by atoms with Gasteiger partial charge in [0, 0.05) is 18.4 Å². The maximum Gasteiger partial charge on any atom is 0.407 e. The number of nitriles is 1. The summed E-state index contributed by atoms with van der Waals surface area (Å²) in [5.74, 6) is -1.59. The van der Waals surface area contributed by atoms with Gasteiger partial charge in [0.2, 0.25) is 0 Å². The Morgan fingerprint density at radius 1 is 1.38 bits per heavy atom. The number of hydrogen-bond donors (Lipinski definition) is 3. The standard InChI is InChI=1S/C21H26FN7O3/c1-27(2)9-7-17-15(11-23)18(8-10-28(17)21(31)32)29-12-16(19(24)30)20(26-29)25-14-5-3-13(22)4-6-14/h3-6,12,15,17-18H,7-10H2,1-2H3,(H2,24,30)(H,25,26)(H,31,32)/t15-,17?,18-/m1/s1. The van der Waals surface area contributed by atoms with Gasteiger partial charge in [0.05, 0.1) is 24.1 Å². The van der Waals surface area contributed by atoms with E-state index >= 15 is 0 Å². The van der Waals surface area contributed by atoms with Crippen molar-refractivity contribution in [1.82, 2.24) is 19.6 Å². The zero-order chi connectivity index (χ0) is 23.4. The number of piperidine rings is 1. The van der Waals surface area contributed by atoms with Crippen molar-refractivity contribution in [3.05, 3.63) is 41.8 Å². The molecule has 32 heavy (non-hydrogen) atoms. The summed E-state index contributed by atoms with van der Waals surface area (Å²) in [7, 11) is 3.76. The fourth-order valence-corrected chi connectivity index (χ4v) is 4.00. The Balaban J connectivity index is 1.93. The van der Waals surface area contributed by atoms with Gasteiger partial charge < -0.3 is 26.0 Å². The highest BCUT2D eigenvalue weighted by atomic mass is 19.1. The molecule has 1 aliphatic rings. The van der Waals surface area contributed by atoms with E-state index in [0.717, 1.165) is 0 Å². The first-order chi connectivity index (χ1) is 15.2. The van der Waals surface area contributed by atoms with Crippen LogP contribution >= 0.6 is 0 Å². The van der Waals surface area contributed by atoms with Gasteiger partial charge in [-0.05, 0) is 57.7 Å². The van der Waals surface area contributed by atoms with Crippen LogP contribution in [0, 0.1) is 23.1 Å². The Bertz CT molecular complexity index is 1020. The number of hydrogen-bond acceptors (Lipinski definition) is 6. The van der Waals surface area contributed by atoms with Gasteiger partial charge in [-0.15, -0.1) is 0 Å². The molecule has 0 radical (unpaired) electrons. The van der Waals surface area contributed by atoms with Gasteiger partial charge in [-0.1, -0.05) is 0 Å². The van der Waals surface area contributed by atoms with Crippen molar-refractivity contribution < 1.29 is 19.1 Å². The molecule has 1 aliphatic heterocycles. The van der Waals surface area contributed by atoms with Gasteiger partial charge in [0.15, 0.2) is 5.82 Å². The fourth-order valence-electron chi connectivity index (χ4n) is 4.00. The number of nitrogens with two attached hydrogens (primary N) is 1. The van der Waals surface area contributed by atoms with Crippen LogP contribution in [0.3, 0.4) is 0 Å². The summed E-state index contributed by atoms with van der Waals surface area (Å²) in [4.78, 5) is 27.0.